The zero-order valence-electron chi connectivity index (χ0n) is 17.7. The molecule has 10 heteroatoms. The number of nitrogens with zero attached hydrogens (tertiary/aromatic N) is 5. The van der Waals surface area contributed by atoms with E-state index < -0.39 is 0 Å². The molecule has 0 bridgehead atoms. The van der Waals surface area contributed by atoms with Crippen molar-refractivity contribution in [1.82, 2.24) is 24.3 Å². The van der Waals surface area contributed by atoms with E-state index in [1.807, 2.05) is 17.6 Å². The molecule has 9 nitrogen and oxygen atoms in total. The molecule has 0 atom stereocenters. The van der Waals surface area contributed by atoms with Crippen molar-refractivity contribution in [2.45, 2.75) is 25.4 Å². The molecule has 0 saturated carbocycles. The number of hydrogen-bond donors (Lipinski definition) is 1. The monoisotopic (exact) mass is 452 g/mol. The Labute approximate surface area is 188 Å². The Bertz CT molecular complexity index is 1300. The number of anilines is 1. The van der Waals surface area contributed by atoms with Crippen LogP contribution >= 0.6 is 11.3 Å². The van der Waals surface area contributed by atoms with Crippen LogP contribution in [0.5, 0.6) is 0 Å². The van der Waals surface area contributed by atoms with Crippen LogP contribution in [-0.4, -0.2) is 57.7 Å². The maximum absolute atomic E-state index is 13.2. The Morgan fingerprint density at radius 1 is 1.31 bits per heavy atom. The third-order valence-electron chi connectivity index (χ3n) is 5.85. The highest BCUT2D eigenvalue weighted by Crippen LogP contribution is 2.23. The highest BCUT2D eigenvalue weighted by atomic mass is 32.1. The second-order valence-electron chi connectivity index (χ2n) is 7.81. The van der Waals surface area contributed by atoms with Crippen molar-refractivity contribution in [2.75, 3.05) is 31.7 Å². The zero-order valence-corrected chi connectivity index (χ0v) is 18.5. The number of nitrogens with one attached hydrogen (secondary N) is 1. The maximum Gasteiger partial charge on any atom is 0.268 e. The zero-order chi connectivity index (χ0) is 22.1. The molecule has 166 valence electrons. The summed E-state index contributed by atoms with van der Waals surface area (Å²) in [5.41, 5.74) is 1.29. The topological polar surface area (TPSA) is 93.8 Å². The summed E-state index contributed by atoms with van der Waals surface area (Å²) in [4.78, 5) is 37.6. The SMILES string of the molecule is COCCn1c(C(=O)NC2CCN(c3nccs3)CC2)cc2c(=O)n3ccccc3nc21. The predicted octanol–water partition coefficient (Wildman–Crippen LogP) is 2.15. The van der Waals surface area contributed by atoms with Crippen LogP contribution in [0.15, 0.2) is 46.8 Å². The van der Waals surface area contributed by atoms with Gasteiger partial charge in [-0.15, -0.1) is 11.3 Å². The van der Waals surface area contributed by atoms with Crippen LogP contribution in [0, 0.1) is 0 Å². The number of methoxy groups -OCH3 is 1. The van der Waals surface area contributed by atoms with Crippen molar-refractivity contribution >= 4 is 39.1 Å². The third kappa shape index (κ3) is 3.76. The number of rotatable bonds is 6. The predicted molar refractivity (Wildman–Crippen MR) is 124 cm³/mol. The van der Waals surface area contributed by atoms with Crippen LogP contribution in [0.1, 0.15) is 23.3 Å². The average Bonchev–Trinajstić information content (AvgIpc) is 3.47. The van der Waals surface area contributed by atoms with Crippen LogP contribution in [-0.2, 0) is 11.3 Å². The van der Waals surface area contributed by atoms with E-state index in [1.165, 1.54) is 4.40 Å². The molecule has 5 rings (SSSR count). The van der Waals surface area contributed by atoms with Gasteiger partial charge in [0, 0.05) is 50.6 Å². The lowest BCUT2D eigenvalue weighted by Crippen LogP contribution is -2.45. The molecule has 4 aromatic heterocycles. The minimum absolute atomic E-state index is 0.0701. The van der Waals surface area contributed by atoms with Gasteiger partial charge in [0.25, 0.3) is 11.5 Å². The van der Waals surface area contributed by atoms with Crippen molar-refractivity contribution < 1.29 is 9.53 Å². The first-order valence-corrected chi connectivity index (χ1v) is 11.5. The summed E-state index contributed by atoms with van der Waals surface area (Å²) in [6.45, 7) is 2.53. The standard InChI is InChI=1S/C22H24N6O3S/c1-31-12-11-27-17(14-16-19(27)25-18-4-2-3-8-28(18)21(16)30)20(29)24-15-5-9-26(10-6-15)22-23-7-13-32-22/h2-4,7-8,13-15H,5-6,9-12H2,1H3,(H,24,29). The summed E-state index contributed by atoms with van der Waals surface area (Å²) < 4.78 is 8.52. The van der Waals surface area contributed by atoms with Crippen molar-refractivity contribution in [2.24, 2.45) is 0 Å². The molecule has 4 aromatic rings. The highest BCUT2D eigenvalue weighted by Gasteiger charge is 2.25. The lowest BCUT2D eigenvalue weighted by molar-refractivity contribution is 0.0919. The van der Waals surface area contributed by atoms with Gasteiger partial charge in [0.15, 0.2) is 5.13 Å². The van der Waals surface area contributed by atoms with Crippen LogP contribution < -0.4 is 15.8 Å². The van der Waals surface area contributed by atoms with E-state index >= 15 is 0 Å². The molecule has 0 unspecified atom stereocenters. The molecule has 1 aliphatic heterocycles. The lowest BCUT2D eigenvalue weighted by atomic mass is 10.1. The maximum atomic E-state index is 13.2. The van der Waals surface area contributed by atoms with E-state index in [1.54, 1.807) is 47.4 Å². The van der Waals surface area contributed by atoms with Crippen LogP contribution in [0.2, 0.25) is 0 Å². The Kier molecular flexibility index (Phi) is 5.62. The summed E-state index contributed by atoms with van der Waals surface area (Å²) >= 11 is 1.63. The molecular weight excluding hydrogens is 428 g/mol. The quantitative estimate of drug-likeness (QED) is 0.482. The largest absolute Gasteiger partial charge is 0.383 e. The van der Waals surface area contributed by atoms with Gasteiger partial charge in [-0.05, 0) is 31.0 Å². The normalized spacial score (nSPS) is 15.0. The number of ether oxygens (including phenoxy) is 1. The average molecular weight is 453 g/mol. The first-order valence-electron chi connectivity index (χ1n) is 10.6. The van der Waals surface area contributed by atoms with Gasteiger partial charge in [-0.1, -0.05) is 6.07 Å². The summed E-state index contributed by atoms with van der Waals surface area (Å²) in [7, 11) is 1.61. The summed E-state index contributed by atoms with van der Waals surface area (Å²) in [5, 5.41) is 6.58. The highest BCUT2D eigenvalue weighted by molar-refractivity contribution is 7.13. The Hall–Kier alpha value is -3.24. The molecule has 1 aliphatic rings. The van der Waals surface area contributed by atoms with Crippen LogP contribution in [0.4, 0.5) is 5.13 Å². The first kappa shape index (κ1) is 20.7. The van der Waals surface area contributed by atoms with Gasteiger partial charge in [-0.2, -0.15) is 0 Å². The molecule has 5 heterocycles. The fourth-order valence-electron chi connectivity index (χ4n) is 4.20. The fraction of sp³-hybridized carbons (Fsp3) is 0.364. The summed E-state index contributed by atoms with van der Waals surface area (Å²) in [5.74, 6) is -0.194. The van der Waals surface area contributed by atoms with Gasteiger partial charge >= 0.3 is 0 Å². The molecular formula is C22H24N6O3S. The van der Waals surface area contributed by atoms with Crippen molar-refractivity contribution in [3.05, 3.63) is 58.1 Å². The smallest absolute Gasteiger partial charge is 0.268 e. The van der Waals surface area contributed by atoms with Gasteiger partial charge in [-0.3, -0.25) is 14.0 Å². The Morgan fingerprint density at radius 2 is 2.16 bits per heavy atom. The second kappa shape index (κ2) is 8.71. The van der Waals surface area contributed by atoms with Gasteiger partial charge in [-0.25, -0.2) is 9.97 Å². The minimum atomic E-state index is -0.194. The van der Waals surface area contributed by atoms with E-state index in [0.717, 1.165) is 31.1 Å². The number of thiazole rings is 1. The number of carbonyl (C=O) groups excluding carboxylic acids is 1. The Balaban J connectivity index is 1.42. The molecule has 0 spiro atoms. The van der Waals surface area contributed by atoms with Crippen molar-refractivity contribution in [1.29, 1.82) is 0 Å². The number of aromatic nitrogens is 4. The van der Waals surface area contributed by atoms with Gasteiger partial charge in [0.1, 0.15) is 17.0 Å². The molecule has 32 heavy (non-hydrogen) atoms. The molecule has 0 aliphatic carbocycles. The van der Waals surface area contributed by atoms with E-state index in [2.05, 4.69) is 20.2 Å². The van der Waals surface area contributed by atoms with Crippen LogP contribution in [0.3, 0.4) is 0 Å². The second-order valence-corrected chi connectivity index (χ2v) is 8.68. The molecule has 1 saturated heterocycles. The number of pyridine rings is 1. The van der Waals surface area contributed by atoms with Gasteiger partial charge in [0.2, 0.25) is 0 Å². The molecule has 1 amide bonds. The molecule has 0 aromatic carbocycles. The first-order chi connectivity index (χ1) is 15.7. The Morgan fingerprint density at radius 3 is 2.91 bits per heavy atom. The van der Waals surface area contributed by atoms with E-state index in [9.17, 15) is 9.59 Å². The van der Waals surface area contributed by atoms with Crippen molar-refractivity contribution in [3.8, 4) is 0 Å². The number of amides is 1. The third-order valence-corrected chi connectivity index (χ3v) is 6.68. The van der Waals surface area contributed by atoms with E-state index in [4.69, 9.17) is 4.74 Å². The summed E-state index contributed by atoms with van der Waals surface area (Å²) in [6, 6.07) is 7.13. The van der Waals surface area contributed by atoms with Crippen LogP contribution in [0.25, 0.3) is 16.7 Å². The van der Waals surface area contributed by atoms with Gasteiger partial charge < -0.3 is 19.5 Å². The van der Waals surface area contributed by atoms with E-state index in [0.29, 0.717) is 35.5 Å². The van der Waals surface area contributed by atoms with Gasteiger partial charge in [0.05, 0.1) is 12.0 Å². The molecule has 0 radical (unpaired) electrons. The fourth-order valence-corrected chi connectivity index (χ4v) is 4.89. The van der Waals surface area contributed by atoms with Crippen molar-refractivity contribution in [3.63, 3.8) is 0 Å². The summed E-state index contributed by atoms with van der Waals surface area (Å²) in [6.07, 6.45) is 5.18. The molecule has 1 N–H and O–H groups in total. The number of fused-ring (bicyclic) bond motifs is 2. The number of carbonyl (C=O) groups is 1. The molecule has 1 fully saturated rings. The lowest BCUT2D eigenvalue weighted by Gasteiger charge is -2.32. The minimum Gasteiger partial charge on any atom is -0.383 e. The number of piperidine rings is 1. The van der Waals surface area contributed by atoms with E-state index in [-0.39, 0.29) is 17.5 Å². The number of hydrogen-bond acceptors (Lipinski definition) is 7.